The lowest BCUT2D eigenvalue weighted by Gasteiger charge is -2.26. The standard InChI is InChI=1S/C30H37N7O4S/c1-18-37(24-9-10-27(34-28(24)42-18)39-12-11-36-15-22-13-21(36)17-40-22)16-23(31)19-5-7-20(8-6-19)32-29(38)33-26-14-25(41-35-26)30(2,3)4/h5-10,14,18,21-22,31H,11-13,15-17H2,1-4H3,(H2,32,33,35,38). The number of aromatic nitrogens is 2. The molecule has 3 aliphatic heterocycles. The number of carbonyl (C=O) groups is 1. The van der Waals surface area contributed by atoms with Crippen LogP contribution in [-0.2, 0) is 10.2 Å². The first kappa shape index (κ1) is 28.5. The fourth-order valence-corrected chi connectivity index (χ4v) is 6.53. The molecule has 6 rings (SSSR count). The molecule has 2 bridgehead atoms. The topological polar surface area (TPSA) is 129 Å². The number of morpholine rings is 1. The van der Waals surface area contributed by atoms with Crippen molar-refractivity contribution >= 4 is 40.7 Å². The molecule has 5 heterocycles. The summed E-state index contributed by atoms with van der Waals surface area (Å²) >= 11 is 1.68. The van der Waals surface area contributed by atoms with E-state index < -0.39 is 6.03 Å². The van der Waals surface area contributed by atoms with Crippen LogP contribution in [0.3, 0.4) is 0 Å². The molecule has 2 fully saturated rings. The Labute approximate surface area is 249 Å². The number of ether oxygens (including phenoxy) is 2. The predicted molar refractivity (Wildman–Crippen MR) is 163 cm³/mol. The van der Waals surface area contributed by atoms with E-state index in [1.54, 1.807) is 30.0 Å². The van der Waals surface area contributed by atoms with Crippen molar-refractivity contribution in [3.05, 3.63) is 53.8 Å². The first-order valence-electron chi connectivity index (χ1n) is 14.3. The highest BCUT2D eigenvalue weighted by atomic mass is 32.2. The second kappa shape index (κ2) is 11.6. The maximum atomic E-state index is 12.4. The van der Waals surface area contributed by atoms with Crippen LogP contribution in [-0.4, -0.2) is 77.2 Å². The number of hydrogen-bond acceptors (Lipinski definition) is 10. The molecule has 0 radical (unpaired) electrons. The van der Waals surface area contributed by atoms with Crippen molar-refractivity contribution in [3.63, 3.8) is 0 Å². The Morgan fingerprint density at radius 1 is 1.19 bits per heavy atom. The summed E-state index contributed by atoms with van der Waals surface area (Å²) in [5, 5.41) is 19.2. The minimum atomic E-state index is -0.417. The van der Waals surface area contributed by atoms with Gasteiger partial charge >= 0.3 is 6.03 Å². The van der Waals surface area contributed by atoms with Crippen LogP contribution in [0.1, 0.15) is 45.4 Å². The molecule has 0 spiro atoms. The quantitative estimate of drug-likeness (QED) is 0.288. The summed E-state index contributed by atoms with van der Waals surface area (Å²) in [6, 6.07) is 13.0. The second-order valence-corrected chi connectivity index (χ2v) is 13.3. The summed E-state index contributed by atoms with van der Waals surface area (Å²) in [5.74, 6) is 1.68. The SMILES string of the molecule is CC1Sc2nc(OCCN3CC4CC3CO4)ccc2N1CC(=N)c1ccc(NC(=O)Nc2cc(C(C)(C)C)on2)cc1. The molecule has 0 saturated carbocycles. The molecule has 3 atom stereocenters. The zero-order valence-corrected chi connectivity index (χ0v) is 25.2. The number of anilines is 3. The fourth-order valence-electron chi connectivity index (χ4n) is 5.44. The molecule has 2 amide bonds. The van der Waals surface area contributed by atoms with Gasteiger partial charge in [0, 0.05) is 42.4 Å². The Bertz CT molecular complexity index is 1450. The van der Waals surface area contributed by atoms with Gasteiger partial charge in [0.15, 0.2) is 5.82 Å². The number of hydrogen-bond donors (Lipinski definition) is 3. The van der Waals surface area contributed by atoms with Crippen molar-refractivity contribution in [2.75, 3.05) is 48.4 Å². The van der Waals surface area contributed by atoms with Crippen molar-refractivity contribution in [1.29, 1.82) is 5.41 Å². The Kier molecular flexibility index (Phi) is 7.86. The van der Waals surface area contributed by atoms with Crippen molar-refractivity contribution in [3.8, 4) is 5.88 Å². The van der Waals surface area contributed by atoms with Gasteiger partial charge in [0.2, 0.25) is 5.88 Å². The molecule has 3 aromatic rings. The Balaban J connectivity index is 1.00. The molecule has 3 N–H and O–H groups in total. The van der Waals surface area contributed by atoms with Gasteiger partial charge in [-0.05, 0) is 37.1 Å². The predicted octanol–water partition coefficient (Wildman–Crippen LogP) is 5.19. The lowest BCUT2D eigenvalue weighted by Crippen LogP contribution is -2.39. The minimum absolute atomic E-state index is 0.142. The van der Waals surface area contributed by atoms with Gasteiger partial charge in [-0.2, -0.15) is 0 Å². The molecular weight excluding hydrogens is 554 g/mol. The fraction of sp³-hybridized carbons (Fsp3) is 0.467. The number of amides is 2. The number of carbonyl (C=O) groups excluding carboxylic acids is 1. The Morgan fingerprint density at radius 2 is 2.00 bits per heavy atom. The van der Waals surface area contributed by atoms with Gasteiger partial charge in [-0.25, -0.2) is 9.78 Å². The van der Waals surface area contributed by atoms with Gasteiger partial charge in [0.05, 0.1) is 36.0 Å². The number of likely N-dealkylation sites (tertiary alicyclic amines) is 1. The Hall–Kier alpha value is -3.61. The first-order valence-corrected chi connectivity index (χ1v) is 15.2. The van der Waals surface area contributed by atoms with E-state index in [-0.39, 0.29) is 10.8 Å². The smallest absolute Gasteiger partial charge is 0.324 e. The zero-order valence-electron chi connectivity index (χ0n) is 24.3. The van der Waals surface area contributed by atoms with E-state index in [0.717, 1.165) is 42.4 Å². The van der Waals surface area contributed by atoms with E-state index in [0.29, 0.717) is 54.2 Å². The van der Waals surface area contributed by atoms with Gasteiger partial charge in [-0.1, -0.05) is 49.8 Å². The zero-order chi connectivity index (χ0) is 29.4. The van der Waals surface area contributed by atoms with E-state index in [2.05, 4.69) is 32.5 Å². The highest BCUT2D eigenvalue weighted by molar-refractivity contribution is 8.00. The molecule has 2 saturated heterocycles. The summed E-state index contributed by atoms with van der Waals surface area (Å²) < 4.78 is 17.0. The van der Waals surface area contributed by atoms with Gasteiger partial charge in [-0.3, -0.25) is 10.2 Å². The first-order chi connectivity index (χ1) is 20.1. The molecule has 42 heavy (non-hydrogen) atoms. The number of nitrogens with one attached hydrogen (secondary N) is 3. The third kappa shape index (κ3) is 6.25. The molecule has 222 valence electrons. The molecule has 3 unspecified atom stereocenters. The van der Waals surface area contributed by atoms with Gasteiger partial charge in [0.25, 0.3) is 0 Å². The van der Waals surface area contributed by atoms with E-state index in [9.17, 15) is 4.79 Å². The van der Waals surface area contributed by atoms with Crippen LogP contribution in [0.2, 0.25) is 0 Å². The number of pyridine rings is 1. The van der Waals surface area contributed by atoms with Crippen molar-refractivity contribution in [1.82, 2.24) is 15.0 Å². The maximum Gasteiger partial charge on any atom is 0.324 e. The van der Waals surface area contributed by atoms with Crippen LogP contribution < -0.4 is 20.3 Å². The average Bonchev–Trinajstić information content (AvgIpc) is 3.74. The molecule has 11 nitrogen and oxygen atoms in total. The Morgan fingerprint density at radius 3 is 2.69 bits per heavy atom. The summed E-state index contributed by atoms with van der Waals surface area (Å²) in [5.41, 5.74) is 2.69. The third-order valence-electron chi connectivity index (χ3n) is 7.80. The van der Waals surface area contributed by atoms with E-state index in [4.69, 9.17) is 24.4 Å². The number of thioether (sulfide) groups is 1. The van der Waals surface area contributed by atoms with Crippen LogP contribution in [0.15, 0.2) is 52.0 Å². The minimum Gasteiger partial charge on any atom is -0.476 e. The molecule has 3 aliphatic rings. The van der Waals surface area contributed by atoms with E-state index in [1.165, 1.54) is 0 Å². The highest BCUT2D eigenvalue weighted by Gasteiger charge is 2.38. The van der Waals surface area contributed by atoms with Gasteiger partial charge in [0.1, 0.15) is 17.4 Å². The number of benzene rings is 1. The van der Waals surface area contributed by atoms with Crippen molar-refractivity contribution in [2.24, 2.45) is 0 Å². The lowest BCUT2D eigenvalue weighted by molar-refractivity contribution is 0.0255. The second-order valence-electron chi connectivity index (χ2n) is 12.0. The van der Waals surface area contributed by atoms with Gasteiger partial charge in [-0.15, -0.1) is 0 Å². The van der Waals surface area contributed by atoms with Crippen molar-refractivity contribution in [2.45, 2.75) is 62.1 Å². The van der Waals surface area contributed by atoms with Crippen LogP contribution in [0, 0.1) is 5.41 Å². The number of nitrogens with zero attached hydrogens (tertiary/aromatic N) is 4. The van der Waals surface area contributed by atoms with E-state index in [1.807, 2.05) is 45.0 Å². The van der Waals surface area contributed by atoms with Crippen LogP contribution in [0.5, 0.6) is 5.88 Å². The van der Waals surface area contributed by atoms with Crippen molar-refractivity contribution < 1.29 is 18.8 Å². The summed E-state index contributed by atoms with van der Waals surface area (Å²) in [7, 11) is 0. The maximum absolute atomic E-state index is 12.4. The molecule has 1 aromatic carbocycles. The molecule has 0 aliphatic carbocycles. The summed E-state index contributed by atoms with van der Waals surface area (Å²) in [4.78, 5) is 21.8. The average molecular weight is 592 g/mol. The van der Waals surface area contributed by atoms with Gasteiger partial charge < -0.3 is 29.6 Å². The van der Waals surface area contributed by atoms with E-state index >= 15 is 0 Å². The third-order valence-corrected chi connectivity index (χ3v) is 8.92. The molecular formula is C30H37N7O4S. The highest BCUT2D eigenvalue weighted by Crippen LogP contribution is 2.42. The van der Waals surface area contributed by atoms with Crippen LogP contribution in [0.4, 0.5) is 22.0 Å². The number of urea groups is 1. The van der Waals surface area contributed by atoms with Crippen LogP contribution >= 0.6 is 11.8 Å². The molecule has 12 heteroatoms. The largest absolute Gasteiger partial charge is 0.476 e. The van der Waals surface area contributed by atoms with Crippen LogP contribution in [0.25, 0.3) is 0 Å². The monoisotopic (exact) mass is 591 g/mol. The number of fused-ring (bicyclic) bond motifs is 3. The summed E-state index contributed by atoms with van der Waals surface area (Å²) in [6.07, 6.45) is 1.53. The lowest BCUT2D eigenvalue weighted by atomic mass is 9.93. The number of rotatable bonds is 9. The molecule has 2 aromatic heterocycles. The normalized spacial score (nSPS) is 21.4. The summed E-state index contributed by atoms with van der Waals surface area (Å²) in [6.45, 7) is 11.9.